The number of benzene rings is 1. The molecule has 0 spiro atoms. The highest BCUT2D eigenvalue weighted by Gasteiger charge is 2.34. The van der Waals surface area contributed by atoms with Crippen LogP contribution in [0.5, 0.6) is 0 Å². The first-order valence-corrected chi connectivity index (χ1v) is 6.40. The second-order valence-corrected chi connectivity index (χ2v) is 5.26. The molecule has 1 aromatic carbocycles. The van der Waals surface area contributed by atoms with Crippen molar-refractivity contribution in [2.75, 3.05) is 11.9 Å². The van der Waals surface area contributed by atoms with Crippen molar-refractivity contribution >= 4 is 34.6 Å². The average molecular weight is 311 g/mol. The van der Waals surface area contributed by atoms with Gasteiger partial charge in [-0.25, -0.2) is 0 Å². The number of anilines is 1. The van der Waals surface area contributed by atoms with Crippen LogP contribution < -0.4 is 10.6 Å². The van der Waals surface area contributed by atoms with Crippen LogP contribution in [0.25, 0.3) is 0 Å². The molecule has 0 saturated carbocycles. The lowest BCUT2D eigenvalue weighted by molar-refractivity contribution is -0.136. The Bertz CT molecular complexity index is 461. The van der Waals surface area contributed by atoms with Crippen LogP contribution in [0.1, 0.15) is 19.4 Å². The van der Waals surface area contributed by atoms with Gasteiger partial charge in [-0.2, -0.15) is 13.2 Å². The van der Waals surface area contributed by atoms with Crippen LogP contribution in [0.15, 0.2) is 18.2 Å². The fraction of sp³-hybridized carbons (Fsp3) is 0.417. The van der Waals surface area contributed by atoms with Crippen molar-refractivity contribution in [2.45, 2.75) is 20.0 Å². The van der Waals surface area contributed by atoms with Gasteiger partial charge in [0.1, 0.15) is 0 Å². The Morgan fingerprint density at radius 2 is 2.00 bits per heavy atom. The average Bonchev–Trinajstić information content (AvgIpc) is 2.27. The summed E-state index contributed by atoms with van der Waals surface area (Å²) in [5.41, 5.74) is -0.952. The van der Waals surface area contributed by atoms with E-state index in [-0.39, 0.29) is 15.8 Å². The van der Waals surface area contributed by atoms with Crippen molar-refractivity contribution in [3.05, 3.63) is 28.8 Å². The number of hydrogen-bond donors (Lipinski definition) is 2. The van der Waals surface area contributed by atoms with Gasteiger partial charge >= 0.3 is 6.18 Å². The van der Waals surface area contributed by atoms with Gasteiger partial charge in [0, 0.05) is 11.6 Å². The predicted molar refractivity (Wildman–Crippen MR) is 75.5 cm³/mol. The van der Waals surface area contributed by atoms with Gasteiger partial charge in [0.25, 0.3) is 0 Å². The minimum absolute atomic E-state index is 0.0268. The first-order chi connectivity index (χ1) is 8.70. The summed E-state index contributed by atoms with van der Waals surface area (Å²) < 4.78 is 38.5. The van der Waals surface area contributed by atoms with E-state index >= 15 is 0 Å². The molecule has 19 heavy (non-hydrogen) atoms. The smallest absolute Gasteiger partial charge is 0.362 e. The molecule has 0 saturated heterocycles. The standard InChI is InChI=1S/C12H14ClF3N2S/c1-7(2)6-17-11(19)18-10-4-3-8(13)5-9(10)12(14,15)16/h3-5,7H,6H2,1-2H3,(H2,17,18,19). The van der Waals surface area contributed by atoms with E-state index in [0.717, 1.165) is 6.07 Å². The van der Waals surface area contributed by atoms with Gasteiger partial charge in [-0.1, -0.05) is 25.4 Å². The molecule has 0 atom stereocenters. The molecule has 0 aromatic heterocycles. The zero-order valence-corrected chi connectivity index (χ0v) is 12.0. The Morgan fingerprint density at radius 3 is 2.53 bits per heavy atom. The zero-order chi connectivity index (χ0) is 14.6. The molecule has 1 rings (SSSR count). The summed E-state index contributed by atoms with van der Waals surface area (Å²) in [7, 11) is 0. The minimum Gasteiger partial charge on any atom is -0.362 e. The largest absolute Gasteiger partial charge is 0.418 e. The van der Waals surface area contributed by atoms with Crippen LogP contribution in [0.2, 0.25) is 5.02 Å². The zero-order valence-electron chi connectivity index (χ0n) is 10.4. The summed E-state index contributed by atoms with van der Waals surface area (Å²) in [4.78, 5) is 0. The molecule has 0 aliphatic carbocycles. The molecule has 2 nitrogen and oxygen atoms in total. The van der Waals surface area contributed by atoms with Gasteiger partial charge in [0.05, 0.1) is 11.3 Å². The van der Waals surface area contributed by atoms with E-state index in [1.165, 1.54) is 12.1 Å². The first kappa shape index (κ1) is 16.0. The molecule has 0 amide bonds. The van der Waals surface area contributed by atoms with Crippen LogP contribution in [0.3, 0.4) is 0 Å². The SMILES string of the molecule is CC(C)CNC(=S)Nc1ccc(Cl)cc1C(F)(F)F. The third-order valence-electron chi connectivity index (χ3n) is 2.21. The second kappa shape index (κ2) is 6.43. The molecule has 2 N–H and O–H groups in total. The van der Waals surface area contributed by atoms with Crippen molar-refractivity contribution in [3.8, 4) is 0 Å². The van der Waals surface area contributed by atoms with E-state index in [4.69, 9.17) is 23.8 Å². The van der Waals surface area contributed by atoms with Gasteiger partial charge < -0.3 is 10.6 Å². The molecule has 0 aliphatic heterocycles. The first-order valence-electron chi connectivity index (χ1n) is 5.61. The lowest BCUT2D eigenvalue weighted by atomic mass is 10.1. The van der Waals surface area contributed by atoms with E-state index in [0.29, 0.717) is 12.5 Å². The van der Waals surface area contributed by atoms with Crippen LogP contribution in [-0.2, 0) is 6.18 Å². The normalized spacial score (nSPS) is 11.5. The lowest BCUT2D eigenvalue weighted by Crippen LogP contribution is -2.32. The fourth-order valence-corrected chi connectivity index (χ4v) is 1.69. The molecule has 0 aliphatic rings. The van der Waals surface area contributed by atoms with Crippen molar-refractivity contribution < 1.29 is 13.2 Å². The number of alkyl halides is 3. The number of rotatable bonds is 3. The number of hydrogen-bond acceptors (Lipinski definition) is 1. The number of thiocarbonyl (C=S) groups is 1. The Labute approximate surface area is 120 Å². The summed E-state index contributed by atoms with van der Waals surface area (Å²) in [6.45, 7) is 4.53. The summed E-state index contributed by atoms with van der Waals surface area (Å²) in [5, 5.41) is 5.57. The maximum absolute atomic E-state index is 12.8. The van der Waals surface area contributed by atoms with E-state index in [1.54, 1.807) is 0 Å². The van der Waals surface area contributed by atoms with E-state index < -0.39 is 11.7 Å². The Balaban J connectivity index is 2.86. The number of halogens is 4. The predicted octanol–water partition coefficient (Wildman–Crippen LogP) is 4.30. The third kappa shape index (κ3) is 5.24. The maximum atomic E-state index is 12.8. The monoisotopic (exact) mass is 310 g/mol. The molecule has 0 unspecified atom stereocenters. The van der Waals surface area contributed by atoms with Crippen LogP contribution >= 0.6 is 23.8 Å². The lowest BCUT2D eigenvalue weighted by Gasteiger charge is -2.16. The molecular weight excluding hydrogens is 297 g/mol. The van der Waals surface area contributed by atoms with Gasteiger partial charge in [0.15, 0.2) is 5.11 Å². The van der Waals surface area contributed by atoms with Crippen LogP contribution in [0.4, 0.5) is 18.9 Å². The van der Waals surface area contributed by atoms with Crippen molar-refractivity contribution in [1.82, 2.24) is 5.32 Å². The fourth-order valence-electron chi connectivity index (χ4n) is 1.32. The highest BCUT2D eigenvalue weighted by molar-refractivity contribution is 7.80. The summed E-state index contributed by atoms with van der Waals surface area (Å²) >= 11 is 10.5. The van der Waals surface area contributed by atoms with Gasteiger partial charge in [-0.05, 0) is 36.3 Å². The van der Waals surface area contributed by atoms with Crippen molar-refractivity contribution in [3.63, 3.8) is 0 Å². The van der Waals surface area contributed by atoms with Gasteiger partial charge in [-0.15, -0.1) is 0 Å². The van der Waals surface area contributed by atoms with E-state index in [2.05, 4.69) is 10.6 Å². The van der Waals surface area contributed by atoms with Crippen LogP contribution in [0, 0.1) is 5.92 Å². The molecular formula is C12H14ClF3N2S. The minimum atomic E-state index is -4.49. The summed E-state index contributed by atoms with van der Waals surface area (Å²) in [5.74, 6) is 0.340. The third-order valence-corrected chi connectivity index (χ3v) is 2.69. The topological polar surface area (TPSA) is 24.1 Å². The second-order valence-electron chi connectivity index (χ2n) is 4.42. The summed E-state index contributed by atoms with van der Waals surface area (Å²) in [6, 6.07) is 3.51. The van der Waals surface area contributed by atoms with E-state index in [9.17, 15) is 13.2 Å². The molecule has 7 heteroatoms. The Hall–Kier alpha value is -1.01. The maximum Gasteiger partial charge on any atom is 0.418 e. The van der Waals surface area contributed by atoms with Gasteiger partial charge in [0.2, 0.25) is 0 Å². The molecule has 0 bridgehead atoms. The summed E-state index contributed by atoms with van der Waals surface area (Å²) in [6.07, 6.45) is -4.49. The van der Waals surface area contributed by atoms with Crippen LogP contribution in [-0.4, -0.2) is 11.7 Å². The van der Waals surface area contributed by atoms with E-state index in [1.807, 2.05) is 13.8 Å². The molecule has 0 fully saturated rings. The number of nitrogens with one attached hydrogen (secondary N) is 2. The van der Waals surface area contributed by atoms with Crippen molar-refractivity contribution in [2.24, 2.45) is 5.92 Å². The quantitative estimate of drug-likeness (QED) is 0.814. The molecule has 0 heterocycles. The highest BCUT2D eigenvalue weighted by Crippen LogP contribution is 2.36. The van der Waals surface area contributed by atoms with Gasteiger partial charge in [-0.3, -0.25) is 0 Å². The Morgan fingerprint density at radius 1 is 1.37 bits per heavy atom. The molecule has 106 valence electrons. The van der Waals surface area contributed by atoms with Crippen molar-refractivity contribution in [1.29, 1.82) is 0 Å². The molecule has 1 aromatic rings. The molecule has 0 radical (unpaired) electrons. The Kier molecular flexibility index (Phi) is 5.43. The highest BCUT2D eigenvalue weighted by atomic mass is 35.5.